The van der Waals surface area contributed by atoms with E-state index >= 15 is 0 Å². The monoisotopic (exact) mass is 340 g/mol. The second-order valence-corrected chi connectivity index (χ2v) is 5.96. The molecule has 3 rings (SSSR count). The predicted molar refractivity (Wildman–Crippen MR) is 93.8 cm³/mol. The second-order valence-electron chi connectivity index (χ2n) is 5.96. The Hall–Kier alpha value is -3.29. The number of anilines is 1. The van der Waals surface area contributed by atoms with Gasteiger partial charge in [-0.15, -0.1) is 0 Å². The molecule has 2 aromatic rings. The van der Waals surface area contributed by atoms with Crippen molar-refractivity contribution < 1.29 is 9.85 Å². The maximum Gasteiger partial charge on any atom is 0.301 e. The number of nitro benzene ring substituents is 2. The van der Waals surface area contributed by atoms with Gasteiger partial charge in [-0.2, -0.15) is 5.10 Å². The van der Waals surface area contributed by atoms with Crippen molar-refractivity contribution in [2.45, 2.75) is 24.7 Å². The molecule has 8 nitrogen and oxygen atoms in total. The summed E-state index contributed by atoms with van der Waals surface area (Å²) in [6.45, 7) is 0. The van der Waals surface area contributed by atoms with Crippen LogP contribution in [0, 0.1) is 20.2 Å². The Morgan fingerprint density at radius 1 is 1.04 bits per heavy atom. The van der Waals surface area contributed by atoms with Crippen LogP contribution in [0.15, 0.2) is 53.6 Å². The SMILES string of the molecule is O=[N+]([O-])c1ccc(N/N=C\C2(c3ccccc3)CCC2)c([N+](=O)[O-])c1. The molecule has 1 aliphatic carbocycles. The van der Waals surface area contributed by atoms with E-state index in [1.807, 2.05) is 30.3 Å². The molecule has 0 spiro atoms. The van der Waals surface area contributed by atoms with Crippen molar-refractivity contribution in [3.05, 3.63) is 74.3 Å². The van der Waals surface area contributed by atoms with Crippen LogP contribution in [0.2, 0.25) is 0 Å². The summed E-state index contributed by atoms with van der Waals surface area (Å²) in [5.74, 6) is 0. The summed E-state index contributed by atoms with van der Waals surface area (Å²) in [6.07, 6.45) is 4.80. The highest BCUT2D eigenvalue weighted by atomic mass is 16.6. The highest BCUT2D eigenvalue weighted by Gasteiger charge is 2.37. The quantitative estimate of drug-likeness (QED) is 0.485. The number of benzene rings is 2. The van der Waals surface area contributed by atoms with Crippen LogP contribution in [0.5, 0.6) is 0 Å². The third kappa shape index (κ3) is 3.32. The van der Waals surface area contributed by atoms with Crippen molar-refractivity contribution in [2.75, 3.05) is 5.43 Å². The first-order chi connectivity index (χ1) is 12.0. The van der Waals surface area contributed by atoms with Crippen LogP contribution in [0.1, 0.15) is 24.8 Å². The smallest absolute Gasteiger partial charge is 0.272 e. The van der Waals surface area contributed by atoms with Gasteiger partial charge < -0.3 is 0 Å². The van der Waals surface area contributed by atoms with Crippen molar-refractivity contribution in [2.24, 2.45) is 5.10 Å². The lowest BCUT2D eigenvalue weighted by molar-refractivity contribution is -0.393. The Kier molecular flexibility index (Phi) is 4.42. The molecule has 1 saturated carbocycles. The number of hydrogen-bond donors (Lipinski definition) is 1. The Morgan fingerprint density at radius 2 is 1.76 bits per heavy atom. The molecule has 0 radical (unpaired) electrons. The summed E-state index contributed by atoms with van der Waals surface area (Å²) in [5.41, 5.74) is 3.06. The summed E-state index contributed by atoms with van der Waals surface area (Å²) >= 11 is 0. The first-order valence-electron chi connectivity index (χ1n) is 7.80. The van der Waals surface area contributed by atoms with E-state index in [1.54, 1.807) is 6.21 Å². The average molecular weight is 340 g/mol. The summed E-state index contributed by atoms with van der Waals surface area (Å²) < 4.78 is 0. The van der Waals surface area contributed by atoms with Crippen LogP contribution >= 0.6 is 0 Å². The zero-order chi connectivity index (χ0) is 17.9. The van der Waals surface area contributed by atoms with E-state index in [0.29, 0.717) is 0 Å². The van der Waals surface area contributed by atoms with E-state index in [-0.39, 0.29) is 22.5 Å². The standard InChI is InChI=1S/C17H16N4O4/c22-20(23)14-7-8-15(16(11-14)21(24)25)19-18-12-17(9-4-10-17)13-5-2-1-3-6-13/h1-3,5-8,11-12,19H,4,9-10H2/b18-12-. The molecule has 1 fully saturated rings. The van der Waals surface area contributed by atoms with Crippen molar-refractivity contribution in [3.8, 4) is 0 Å². The van der Waals surface area contributed by atoms with E-state index in [0.717, 1.165) is 30.9 Å². The zero-order valence-electron chi connectivity index (χ0n) is 13.3. The Balaban J connectivity index is 1.82. The van der Waals surface area contributed by atoms with Gasteiger partial charge in [-0.05, 0) is 24.5 Å². The number of nitrogens with zero attached hydrogens (tertiary/aromatic N) is 3. The molecular weight excluding hydrogens is 324 g/mol. The van der Waals surface area contributed by atoms with Crippen LogP contribution in [0.3, 0.4) is 0 Å². The molecule has 0 heterocycles. The zero-order valence-corrected chi connectivity index (χ0v) is 13.3. The molecule has 1 N–H and O–H groups in total. The lowest BCUT2D eigenvalue weighted by atomic mass is 9.65. The largest absolute Gasteiger partial charge is 0.301 e. The summed E-state index contributed by atoms with van der Waals surface area (Å²) in [5, 5.41) is 26.1. The summed E-state index contributed by atoms with van der Waals surface area (Å²) in [4.78, 5) is 20.6. The second kappa shape index (κ2) is 6.68. The molecular formula is C17H16N4O4. The van der Waals surface area contributed by atoms with Crippen LogP contribution in [-0.2, 0) is 5.41 Å². The first kappa shape index (κ1) is 16.6. The van der Waals surface area contributed by atoms with Crippen molar-refractivity contribution in [1.82, 2.24) is 0 Å². The molecule has 1 aliphatic rings. The van der Waals surface area contributed by atoms with Gasteiger partial charge in [0.15, 0.2) is 0 Å². The number of rotatable bonds is 6. The topological polar surface area (TPSA) is 111 Å². The lowest BCUT2D eigenvalue weighted by Gasteiger charge is -2.38. The highest BCUT2D eigenvalue weighted by molar-refractivity contribution is 5.76. The van der Waals surface area contributed by atoms with E-state index < -0.39 is 9.85 Å². The first-order valence-corrected chi connectivity index (χ1v) is 7.80. The molecule has 25 heavy (non-hydrogen) atoms. The Bertz CT molecular complexity index is 832. The fourth-order valence-corrected chi connectivity index (χ4v) is 2.92. The van der Waals surface area contributed by atoms with Crippen LogP contribution < -0.4 is 5.43 Å². The van der Waals surface area contributed by atoms with Gasteiger partial charge >= 0.3 is 5.69 Å². The van der Waals surface area contributed by atoms with Gasteiger partial charge in [0.25, 0.3) is 5.69 Å². The minimum Gasteiger partial charge on any atom is -0.272 e. The van der Waals surface area contributed by atoms with E-state index in [4.69, 9.17) is 0 Å². The van der Waals surface area contributed by atoms with E-state index in [9.17, 15) is 20.2 Å². The molecule has 0 aliphatic heterocycles. The Labute approximate surface area is 143 Å². The number of nitrogens with one attached hydrogen (secondary N) is 1. The summed E-state index contributed by atoms with van der Waals surface area (Å²) in [6, 6.07) is 13.4. The minimum atomic E-state index is -0.668. The predicted octanol–water partition coefficient (Wildman–Crippen LogP) is 4.02. The van der Waals surface area contributed by atoms with Crippen LogP contribution in [-0.4, -0.2) is 16.1 Å². The lowest BCUT2D eigenvalue weighted by Crippen LogP contribution is -2.36. The summed E-state index contributed by atoms with van der Waals surface area (Å²) in [7, 11) is 0. The number of non-ortho nitro benzene ring substituents is 1. The fraction of sp³-hybridized carbons (Fsp3) is 0.235. The van der Waals surface area contributed by atoms with Gasteiger partial charge in [0.1, 0.15) is 5.69 Å². The maximum atomic E-state index is 11.1. The Morgan fingerprint density at radius 3 is 2.32 bits per heavy atom. The van der Waals surface area contributed by atoms with Crippen LogP contribution in [0.4, 0.5) is 17.1 Å². The number of hydrazone groups is 1. The normalized spacial score (nSPS) is 15.5. The maximum absolute atomic E-state index is 11.1. The molecule has 0 unspecified atom stereocenters. The van der Waals surface area contributed by atoms with Gasteiger partial charge in [-0.25, -0.2) is 0 Å². The number of nitro groups is 2. The molecule has 0 saturated heterocycles. The van der Waals surface area contributed by atoms with E-state index in [2.05, 4.69) is 10.5 Å². The molecule has 0 atom stereocenters. The molecule has 0 amide bonds. The van der Waals surface area contributed by atoms with Gasteiger partial charge in [-0.3, -0.25) is 25.7 Å². The van der Waals surface area contributed by atoms with Gasteiger partial charge in [0, 0.05) is 17.7 Å². The van der Waals surface area contributed by atoms with E-state index in [1.165, 1.54) is 12.1 Å². The van der Waals surface area contributed by atoms with Crippen LogP contribution in [0.25, 0.3) is 0 Å². The molecule has 0 bridgehead atoms. The molecule has 2 aromatic carbocycles. The molecule has 0 aromatic heterocycles. The van der Waals surface area contributed by atoms with Crippen molar-refractivity contribution >= 4 is 23.3 Å². The molecule has 128 valence electrons. The fourth-order valence-electron chi connectivity index (χ4n) is 2.92. The minimum absolute atomic E-state index is 0.120. The van der Waals surface area contributed by atoms with Gasteiger partial charge in [-0.1, -0.05) is 36.8 Å². The third-order valence-corrected chi connectivity index (χ3v) is 4.48. The third-order valence-electron chi connectivity index (χ3n) is 4.48. The average Bonchev–Trinajstić information content (AvgIpc) is 2.57. The van der Waals surface area contributed by atoms with Crippen molar-refractivity contribution in [3.63, 3.8) is 0 Å². The number of hydrogen-bond acceptors (Lipinski definition) is 6. The molecule has 8 heteroatoms. The van der Waals surface area contributed by atoms with Gasteiger partial charge in [0.2, 0.25) is 0 Å². The van der Waals surface area contributed by atoms with Gasteiger partial charge in [0.05, 0.1) is 15.9 Å². The highest BCUT2D eigenvalue weighted by Crippen LogP contribution is 2.42. The van der Waals surface area contributed by atoms with Crippen molar-refractivity contribution in [1.29, 1.82) is 0 Å².